The average molecular weight is 371 g/mol. The first-order valence-electron chi connectivity index (χ1n) is 6.61. The molecule has 1 aliphatic rings. The molecule has 3 rings (SSSR count). The van der Waals surface area contributed by atoms with E-state index < -0.39 is 10.0 Å². The average Bonchev–Trinajstić information content (AvgIpc) is 2.82. The summed E-state index contributed by atoms with van der Waals surface area (Å²) in [5.41, 5.74) is 2.07. The SMILES string of the molecule is Cn1ncc2c1CCCC2NS(=O)(=O)c1cncc(Br)c1. The Morgan fingerprint density at radius 3 is 2.95 bits per heavy atom. The molecule has 2 aromatic heterocycles. The van der Waals surface area contributed by atoms with Crippen LogP contribution in [0.3, 0.4) is 0 Å². The molecule has 1 aliphatic carbocycles. The van der Waals surface area contributed by atoms with Gasteiger partial charge in [0, 0.05) is 35.2 Å². The lowest BCUT2D eigenvalue weighted by molar-refractivity contribution is 0.498. The largest absolute Gasteiger partial charge is 0.272 e. The Labute approximate surface area is 131 Å². The molecule has 0 fully saturated rings. The summed E-state index contributed by atoms with van der Waals surface area (Å²) in [5.74, 6) is 0. The lowest BCUT2D eigenvalue weighted by Crippen LogP contribution is -2.31. The third-order valence-corrected chi connectivity index (χ3v) is 5.54. The Bertz CT molecular complexity index is 772. The first kappa shape index (κ1) is 14.7. The van der Waals surface area contributed by atoms with Gasteiger partial charge >= 0.3 is 0 Å². The molecule has 2 aromatic rings. The molecule has 0 aromatic carbocycles. The number of aryl methyl sites for hydroxylation is 1. The summed E-state index contributed by atoms with van der Waals surface area (Å²) in [5, 5.41) is 4.23. The van der Waals surface area contributed by atoms with Gasteiger partial charge in [0.1, 0.15) is 4.90 Å². The van der Waals surface area contributed by atoms with E-state index >= 15 is 0 Å². The number of pyridine rings is 1. The van der Waals surface area contributed by atoms with Crippen molar-refractivity contribution >= 4 is 26.0 Å². The van der Waals surface area contributed by atoms with Crippen molar-refractivity contribution in [3.63, 3.8) is 0 Å². The van der Waals surface area contributed by atoms with Crippen LogP contribution in [0.4, 0.5) is 0 Å². The molecular weight excluding hydrogens is 356 g/mol. The maximum Gasteiger partial charge on any atom is 0.242 e. The molecule has 0 saturated heterocycles. The fourth-order valence-electron chi connectivity index (χ4n) is 2.62. The molecule has 21 heavy (non-hydrogen) atoms. The lowest BCUT2D eigenvalue weighted by Gasteiger charge is -2.23. The third-order valence-electron chi connectivity index (χ3n) is 3.66. The third kappa shape index (κ3) is 2.88. The van der Waals surface area contributed by atoms with Crippen LogP contribution in [0.1, 0.15) is 30.1 Å². The molecule has 1 atom stereocenters. The topological polar surface area (TPSA) is 76.9 Å². The highest BCUT2D eigenvalue weighted by Crippen LogP contribution is 2.30. The van der Waals surface area contributed by atoms with Crippen LogP contribution < -0.4 is 4.72 Å². The standard InChI is InChI=1S/C13H15BrN4O2S/c1-18-13-4-2-3-12(11(13)8-16-18)17-21(19,20)10-5-9(14)6-15-7-10/h5-8,12,17H,2-4H2,1H3. The first-order valence-corrected chi connectivity index (χ1v) is 8.88. The minimum Gasteiger partial charge on any atom is -0.272 e. The van der Waals surface area contributed by atoms with Gasteiger partial charge in [0.2, 0.25) is 10.0 Å². The van der Waals surface area contributed by atoms with Crippen molar-refractivity contribution in [3.05, 3.63) is 40.4 Å². The Hall–Kier alpha value is -1.25. The number of hydrogen-bond donors (Lipinski definition) is 1. The summed E-state index contributed by atoms with van der Waals surface area (Å²) in [4.78, 5) is 4.07. The van der Waals surface area contributed by atoms with Gasteiger partial charge in [0.05, 0.1) is 12.2 Å². The number of sulfonamides is 1. The van der Waals surface area contributed by atoms with Crippen LogP contribution in [0.2, 0.25) is 0 Å². The van der Waals surface area contributed by atoms with E-state index in [-0.39, 0.29) is 10.9 Å². The molecule has 0 radical (unpaired) electrons. The van der Waals surface area contributed by atoms with Crippen LogP contribution >= 0.6 is 15.9 Å². The molecule has 0 bridgehead atoms. The monoisotopic (exact) mass is 370 g/mol. The van der Waals surface area contributed by atoms with Gasteiger partial charge in [0.25, 0.3) is 0 Å². The van der Waals surface area contributed by atoms with Crippen molar-refractivity contribution in [1.29, 1.82) is 0 Å². The van der Waals surface area contributed by atoms with Crippen molar-refractivity contribution in [3.8, 4) is 0 Å². The zero-order chi connectivity index (χ0) is 15.0. The Kier molecular flexibility index (Phi) is 3.85. The van der Waals surface area contributed by atoms with Crippen LogP contribution in [0, 0.1) is 0 Å². The summed E-state index contributed by atoms with van der Waals surface area (Å²) in [6.45, 7) is 0. The molecule has 8 heteroatoms. The van der Waals surface area contributed by atoms with E-state index in [1.54, 1.807) is 18.5 Å². The van der Waals surface area contributed by atoms with E-state index in [4.69, 9.17) is 0 Å². The van der Waals surface area contributed by atoms with E-state index in [1.807, 2.05) is 11.7 Å². The molecule has 0 aliphatic heterocycles. The van der Waals surface area contributed by atoms with Crippen LogP contribution in [0.25, 0.3) is 0 Å². The first-order chi connectivity index (χ1) is 9.97. The molecule has 6 nitrogen and oxygen atoms in total. The number of nitrogens with zero attached hydrogens (tertiary/aromatic N) is 3. The van der Waals surface area contributed by atoms with E-state index in [2.05, 4.69) is 30.7 Å². The Morgan fingerprint density at radius 1 is 1.38 bits per heavy atom. The van der Waals surface area contributed by atoms with Crippen molar-refractivity contribution in [2.45, 2.75) is 30.2 Å². The fourth-order valence-corrected chi connectivity index (χ4v) is 4.38. The second-order valence-corrected chi connectivity index (χ2v) is 7.70. The van der Waals surface area contributed by atoms with E-state index in [0.717, 1.165) is 30.5 Å². The fraction of sp³-hybridized carbons (Fsp3) is 0.385. The summed E-state index contributed by atoms with van der Waals surface area (Å²) < 4.78 is 30.2. The number of nitrogens with one attached hydrogen (secondary N) is 1. The van der Waals surface area contributed by atoms with Crippen LogP contribution in [-0.2, 0) is 23.5 Å². The van der Waals surface area contributed by atoms with Gasteiger partial charge in [-0.1, -0.05) is 0 Å². The molecule has 0 amide bonds. The smallest absolute Gasteiger partial charge is 0.242 e. The van der Waals surface area contributed by atoms with Crippen molar-refractivity contribution in [1.82, 2.24) is 19.5 Å². The minimum absolute atomic E-state index is 0.160. The number of aromatic nitrogens is 3. The zero-order valence-corrected chi connectivity index (χ0v) is 13.9. The van der Waals surface area contributed by atoms with E-state index in [9.17, 15) is 8.42 Å². The van der Waals surface area contributed by atoms with E-state index in [1.165, 1.54) is 6.20 Å². The number of hydrogen-bond acceptors (Lipinski definition) is 4. The Balaban J connectivity index is 1.90. The van der Waals surface area contributed by atoms with Crippen LogP contribution in [0.15, 0.2) is 34.0 Å². The second-order valence-electron chi connectivity index (χ2n) is 5.08. The molecule has 0 spiro atoms. The summed E-state index contributed by atoms with van der Waals surface area (Å²) in [7, 11) is -1.71. The molecule has 2 heterocycles. The molecule has 0 saturated carbocycles. The quantitative estimate of drug-likeness (QED) is 0.895. The van der Waals surface area contributed by atoms with Crippen molar-refractivity contribution < 1.29 is 8.42 Å². The number of rotatable bonds is 3. The van der Waals surface area contributed by atoms with Gasteiger partial charge in [-0.15, -0.1) is 0 Å². The van der Waals surface area contributed by atoms with Crippen molar-refractivity contribution in [2.75, 3.05) is 0 Å². The highest BCUT2D eigenvalue weighted by molar-refractivity contribution is 9.10. The molecule has 112 valence electrons. The predicted octanol–water partition coefficient (Wildman–Crippen LogP) is 1.93. The summed E-state index contributed by atoms with van der Waals surface area (Å²) in [6.07, 6.45) is 7.30. The highest BCUT2D eigenvalue weighted by Gasteiger charge is 2.28. The van der Waals surface area contributed by atoms with Crippen LogP contribution in [0.5, 0.6) is 0 Å². The normalized spacial score (nSPS) is 18.5. The van der Waals surface area contributed by atoms with Gasteiger partial charge in [0.15, 0.2) is 0 Å². The minimum atomic E-state index is -3.60. The van der Waals surface area contributed by atoms with Crippen LogP contribution in [-0.4, -0.2) is 23.2 Å². The number of halogens is 1. The van der Waals surface area contributed by atoms with Gasteiger partial charge in [-0.2, -0.15) is 5.10 Å². The molecular formula is C13H15BrN4O2S. The maximum absolute atomic E-state index is 12.5. The van der Waals surface area contributed by atoms with Gasteiger partial charge in [-0.25, -0.2) is 13.1 Å². The highest BCUT2D eigenvalue weighted by atomic mass is 79.9. The summed E-state index contributed by atoms with van der Waals surface area (Å²) >= 11 is 3.24. The molecule has 1 unspecified atom stereocenters. The molecule has 1 N–H and O–H groups in total. The van der Waals surface area contributed by atoms with E-state index in [0.29, 0.717) is 4.47 Å². The predicted molar refractivity (Wildman–Crippen MR) is 81.1 cm³/mol. The number of fused-ring (bicyclic) bond motifs is 1. The summed E-state index contributed by atoms with van der Waals surface area (Å²) in [6, 6.07) is 1.31. The van der Waals surface area contributed by atoms with Gasteiger partial charge in [-0.3, -0.25) is 9.67 Å². The van der Waals surface area contributed by atoms with Crippen molar-refractivity contribution in [2.24, 2.45) is 7.05 Å². The Morgan fingerprint density at radius 2 is 2.19 bits per heavy atom. The zero-order valence-electron chi connectivity index (χ0n) is 11.5. The van der Waals surface area contributed by atoms with Gasteiger partial charge < -0.3 is 0 Å². The lowest BCUT2D eigenvalue weighted by atomic mass is 9.94. The second kappa shape index (κ2) is 5.51. The van der Waals surface area contributed by atoms with Gasteiger partial charge in [-0.05, 0) is 41.3 Å². The maximum atomic E-state index is 12.5.